The van der Waals surface area contributed by atoms with E-state index in [-0.39, 0.29) is 24.0 Å². The minimum absolute atomic E-state index is 0. The van der Waals surface area contributed by atoms with Crippen LogP contribution in [0.15, 0.2) is 52.1 Å². The standard InChI is InChI=1S/C21H30N4O.HI/c1-3-22-21(24-16-20-5-4-14-26-20)23-15-18-6-8-19(9-7-18)25-12-10-17(2)11-13-25;/h4-9,14,17H,3,10-13,15-16H2,1-2H3,(H2,22,23,24);1H. The van der Waals surface area contributed by atoms with E-state index in [1.807, 2.05) is 12.1 Å². The lowest BCUT2D eigenvalue weighted by Gasteiger charge is -2.32. The Morgan fingerprint density at radius 2 is 1.89 bits per heavy atom. The quantitative estimate of drug-likeness (QED) is 0.365. The molecule has 1 aromatic heterocycles. The van der Waals surface area contributed by atoms with Gasteiger partial charge in [-0.15, -0.1) is 24.0 Å². The third-order valence-electron chi connectivity index (χ3n) is 4.86. The number of piperidine rings is 1. The predicted octanol–water partition coefficient (Wildman–Crippen LogP) is 4.39. The van der Waals surface area contributed by atoms with Crippen molar-refractivity contribution in [3.05, 3.63) is 54.0 Å². The third-order valence-corrected chi connectivity index (χ3v) is 4.86. The lowest BCUT2D eigenvalue weighted by molar-refractivity contribution is 0.438. The van der Waals surface area contributed by atoms with Crippen LogP contribution in [0.25, 0.3) is 0 Å². The zero-order valence-electron chi connectivity index (χ0n) is 16.3. The van der Waals surface area contributed by atoms with E-state index in [4.69, 9.17) is 4.42 Å². The summed E-state index contributed by atoms with van der Waals surface area (Å²) in [5.41, 5.74) is 2.54. The van der Waals surface area contributed by atoms with E-state index >= 15 is 0 Å². The topological polar surface area (TPSA) is 52.8 Å². The largest absolute Gasteiger partial charge is 0.467 e. The van der Waals surface area contributed by atoms with Crippen LogP contribution in [0.3, 0.4) is 0 Å². The van der Waals surface area contributed by atoms with Crippen LogP contribution in [0.1, 0.15) is 38.0 Å². The van der Waals surface area contributed by atoms with Crippen molar-refractivity contribution in [1.82, 2.24) is 10.6 Å². The zero-order chi connectivity index (χ0) is 18.2. The van der Waals surface area contributed by atoms with E-state index in [2.05, 4.69) is 58.6 Å². The Bertz CT molecular complexity index is 677. The van der Waals surface area contributed by atoms with Gasteiger partial charge in [0.05, 0.1) is 19.4 Å². The minimum Gasteiger partial charge on any atom is -0.467 e. The molecule has 0 bridgehead atoms. The van der Waals surface area contributed by atoms with Crippen molar-refractivity contribution in [3.8, 4) is 0 Å². The summed E-state index contributed by atoms with van der Waals surface area (Å²) >= 11 is 0. The Morgan fingerprint density at radius 1 is 1.15 bits per heavy atom. The molecule has 27 heavy (non-hydrogen) atoms. The summed E-state index contributed by atoms with van der Waals surface area (Å²) in [4.78, 5) is 7.16. The second-order valence-corrected chi connectivity index (χ2v) is 6.96. The first-order valence-electron chi connectivity index (χ1n) is 9.63. The summed E-state index contributed by atoms with van der Waals surface area (Å²) in [5.74, 6) is 2.56. The molecule has 2 heterocycles. The van der Waals surface area contributed by atoms with E-state index in [0.29, 0.717) is 13.1 Å². The predicted molar refractivity (Wildman–Crippen MR) is 123 cm³/mol. The van der Waals surface area contributed by atoms with Crippen molar-refractivity contribution in [1.29, 1.82) is 0 Å². The van der Waals surface area contributed by atoms with Gasteiger partial charge in [0.1, 0.15) is 5.76 Å². The number of hydrogen-bond acceptors (Lipinski definition) is 3. The average Bonchev–Trinajstić information content (AvgIpc) is 3.19. The first-order valence-corrected chi connectivity index (χ1v) is 9.63. The van der Waals surface area contributed by atoms with Gasteiger partial charge in [0.15, 0.2) is 5.96 Å². The van der Waals surface area contributed by atoms with Crippen LogP contribution in [0, 0.1) is 5.92 Å². The van der Waals surface area contributed by atoms with Crippen molar-refractivity contribution in [2.24, 2.45) is 10.9 Å². The molecule has 0 unspecified atom stereocenters. The van der Waals surface area contributed by atoms with Gasteiger partial charge in [0.2, 0.25) is 0 Å². The molecule has 1 aromatic carbocycles. The molecule has 1 aliphatic rings. The first kappa shape index (κ1) is 21.6. The van der Waals surface area contributed by atoms with Crippen LogP contribution in [0.4, 0.5) is 5.69 Å². The highest BCUT2D eigenvalue weighted by atomic mass is 127. The molecule has 3 rings (SSSR count). The van der Waals surface area contributed by atoms with Gasteiger partial charge in [0, 0.05) is 25.3 Å². The van der Waals surface area contributed by atoms with Gasteiger partial charge in [-0.25, -0.2) is 4.99 Å². The van der Waals surface area contributed by atoms with Gasteiger partial charge in [-0.3, -0.25) is 0 Å². The molecule has 0 amide bonds. The molecule has 5 nitrogen and oxygen atoms in total. The molecule has 148 valence electrons. The lowest BCUT2D eigenvalue weighted by atomic mass is 9.99. The molecular formula is C21H31IN4O. The fourth-order valence-electron chi connectivity index (χ4n) is 3.18. The molecule has 1 saturated heterocycles. The van der Waals surface area contributed by atoms with Crippen LogP contribution >= 0.6 is 24.0 Å². The first-order chi connectivity index (χ1) is 12.7. The monoisotopic (exact) mass is 482 g/mol. The fourth-order valence-corrected chi connectivity index (χ4v) is 3.18. The van der Waals surface area contributed by atoms with Gasteiger partial charge in [-0.05, 0) is 55.5 Å². The van der Waals surface area contributed by atoms with Gasteiger partial charge < -0.3 is 20.0 Å². The molecule has 0 spiro atoms. The lowest BCUT2D eigenvalue weighted by Crippen LogP contribution is -2.36. The molecule has 0 atom stereocenters. The SMILES string of the molecule is CCNC(=NCc1ccc(N2CCC(C)CC2)cc1)NCc1ccco1.I. The summed E-state index contributed by atoms with van der Waals surface area (Å²) in [7, 11) is 0. The highest BCUT2D eigenvalue weighted by molar-refractivity contribution is 14.0. The maximum Gasteiger partial charge on any atom is 0.191 e. The second kappa shape index (κ2) is 11.2. The molecule has 0 radical (unpaired) electrons. The highest BCUT2D eigenvalue weighted by Crippen LogP contribution is 2.23. The normalized spacial score (nSPS) is 15.3. The van der Waals surface area contributed by atoms with Gasteiger partial charge >= 0.3 is 0 Å². The number of benzene rings is 1. The average molecular weight is 482 g/mol. The maximum atomic E-state index is 5.35. The fraction of sp³-hybridized carbons (Fsp3) is 0.476. The summed E-state index contributed by atoms with van der Waals surface area (Å²) in [6.07, 6.45) is 4.27. The van der Waals surface area contributed by atoms with E-state index in [9.17, 15) is 0 Å². The van der Waals surface area contributed by atoms with Crippen LogP contribution in [0.5, 0.6) is 0 Å². The molecule has 0 saturated carbocycles. The molecule has 2 N–H and O–H groups in total. The highest BCUT2D eigenvalue weighted by Gasteiger charge is 2.15. The molecular weight excluding hydrogens is 451 g/mol. The van der Waals surface area contributed by atoms with Crippen molar-refractivity contribution in [2.45, 2.75) is 39.8 Å². The Morgan fingerprint density at radius 3 is 2.52 bits per heavy atom. The number of furan rings is 1. The maximum absolute atomic E-state index is 5.35. The summed E-state index contributed by atoms with van der Waals surface area (Å²) in [6, 6.07) is 12.7. The number of halogens is 1. The van der Waals surface area contributed by atoms with Crippen LogP contribution in [-0.4, -0.2) is 25.6 Å². The Kier molecular flexibility index (Phi) is 8.97. The number of aliphatic imine (C=N–C) groups is 1. The summed E-state index contributed by atoms with van der Waals surface area (Å²) < 4.78 is 5.35. The number of rotatable bonds is 6. The molecule has 1 aliphatic heterocycles. The van der Waals surface area contributed by atoms with Crippen LogP contribution in [-0.2, 0) is 13.1 Å². The Balaban J connectivity index is 0.00000261. The van der Waals surface area contributed by atoms with Gasteiger partial charge in [-0.1, -0.05) is 19.1 Å². The number of hydrogen-bond donors (Lipinski definition) is 2. The van der Waals surface area contributed by atoms with Crippen LogP contribution in [0.2, 0.25) is 0 Å². The smallest absolute Gasteiger partial charge is 0.191 e. The Hall–Kier alpha value is -1.70. The summed E-state index contributed by atoms with van der Waals surface area (Å²) in [5, 5.41) is 6.57. The molecule has 1 fully saturated rings. The third kappa shape index (κ3) is 6.75. The van der Waals surface area contributed by atoms with E-state index in [1.54, 1.807) is 6.26 Å². The van der Waals surface area contributed by atoms with E-state index in [0.717, 1.165) is 24.2 Å². The minimum atomic E-state index is 0. The zero-order valence-corrected chi connectivity index (χ0v) is 18.6. The number of guanidine groups is 1. The van der Waals surface area contributed by atoms with Crippen molar-refractivity contribution < 1.29 is 4.42 Å². The van der Waals surface area contributed by atoms with Gasteiger partial charge in [0.25, 0.3) is 0 Å². The van der Waals surface area contributed by atoms with Crippen molar-refractivity contribution >= 4 is 35.6 Å². The van der Waals surface area contributed by atoms with Gasteiger partial charge in [-0.2, -0.15) is 0 Å². The molecule has 0 aliphatic carbocycles. The van der Waals surface area contributed by atoms with Crippen molar-refractivity contribution in [3.63, 3.8) is 0 Å². The number of nitrogens with zero attached hydrogens (tertiary/aromatic N) is 2. The number of nitrogens with one attached hydrogen (secondary N) is 2. The van der Waals surface area contributed by atoms with E-state index in [1.165, 1.54) is 37.2 Å². The second-order valence-electron chi connectivity index (χ2n) is 6.96. The molecule has 2 aromatic rings. The van der Waals surface area contributed by atoms with Crippen LogP contribution < -0.4 is 15.5 Å². The van der Waals surface area contributed by atoms with Crippen molar-refractivity contribution in [2.75, 3.05) is 24.5 Å². The summed E-state index contributed by atoms with van der Waals surface area (Å²) in [6.45, 7) is 8.87. The molecule has 6 heteroatoms. The Labute approximate surface area is 179 Å². The van der Waals surface area contributed by atoms with E-state index < -0.39 is 0 Å². The number of anilines is 1.